The predicted octanol–water partition coefficient (Wildman–Crippen LogP) is 3.78. The average molecular weight is 272 g/mol. The van der Waals surface area contributed by atoms with Gasteiger partial charge in [-0.1, -0.05) is 45.1 Å². The Bertz CT molecular complexity index is 666. The third kappa shape index (κ3) is 2.47. The van der Waals surface area contributed by atoms with Crippen LogP contribution < -0.4 is 5.73 Å². The predicted molar refractivity (Wildman–Crippen MR) is 85.8 cm³/mol. The van der Waals surface area contributed by atoms with Gasteiger partial charge in [0.15, 0.2) is 0 Å². The van der Waals surface area contributed by atoms with E-state index in [0.717, 1.165) is 22.2 Å². The first kappa shape index (κ1) is 13.9. The summed E-state index contributed by atoms with van der Waals surface area (Å²) in [5.74, 6) is 0. The lowest BCUT2D eigenvalue weighted by Gasteiger charge is -2.20. The summed E-state index contributed by atoms with van der Waals surface area (Å²) in [5, 5.41) is 1.05. The number of benzene rings is 1. The molecule has 1 aromatic heterocycles. The zero-order valence-electron chi connectivity index (χ0n) is 12.2. The van der Waals surface area contributed by atoms with E-state index in [1.54, 1.807) is 0 Å². The van der Waals surface area contributed by atoms with Crippen molar-refractivity contribution in [3.05, 3.63) is 40.6 Å². The second-order valence-corrected chi connectivity index (χ2v) is 6.51. The maximum Gasteiger partial charge on any atom is 0.104 e. The van der Waals surface area contributed by atoms with Crippen LogP contribution >= 0.6 is 12.2 Å². The molecule has 0 fully saturated rings. The molecule has 0 aliphatic rings. The number of nitrogens with two attached hydrogens (primary N) is 1. The fourth-order valence-electron chi connectivity index (χ4n) is 2.12. The normalized spacial score (nSPS) is 11.8. The molecule has 0 bridgehead atoms. The van der Waals surface area contributed by atoms with E-state index in [1.807, 2.05) is 6.07 Å². The Labute approximate surface area is 120 Å². The molecule has 100 valence electrons. The molecular weight excluding hydrogens is 252 g/mol. The Hall–Kier alpha value is -1.48. The highest BCUT2D eigenvalue weighted by molar-refractivity contribution is 7.80. The van der Waals surface area contributed by atoms with Gasteiger partial charge in [-0.2, -0.15) is 0 Å². The van der Waals surface area contributed by atoms with E-state index in [0.29, 0.717) is 4.99 Å². The maximum absolute atomic E-state index is 5.88. The summed E-state index contributed by atoms with van der Waals surface area (Å²) in [6, 6.07) is 6.18. The lowest BCUT2D eigenvalue weighted by atomic mass is 9.89. The van der Waals surface area contributed by atoms with Crippen LogP contribution in [0, 0.1) is 13.8 Å². The number of nitrogens with zero attached hydrogens (tertiary/aromatic N) is 1. The molecule has 0 unspecified atom stereocenters. The number of hydrogen-bond acceptors (Lipinski definition) is 2. The van der Waals surface area contributed by atoms with Crippen molar-refractivity contribution in [2.24, 2.45) is 5.73 Å². The molecule has 0 saturated heterocycles. The molecule has 0 saturated carbocycles. The van der Waals surface area contributed by atoms with Gasteiger partial charge in [0, 0.05) is 22.1 Å². The molecule has 3 heteroatoms. The molecule has 2 nitrogen and oxygen atoms in total. The van der Waals surface area contributed by atoms with Gasteiger partial charge in [-0.15, -0.1) is 0 Å². The molecule has 0 spiro atoms. The van der Waals surface area contributed by atoms with Crippen LogP contribution in [0.2, 0.25) is 0 Å². The van der Waals surface area contributed by atoms with Crippen molar-refractivity contribution in [3.63, 3.8) is 0 Å². The van der Waals surface area contributed by atoms with E-state index in [9.17, 15) is 0 Å². The third-order valence-corrected chi connectivity index (χ3v) is 3.76. The van der Waals surface area contributed by atoms with Gasteiger partial charge < -0.3 is 5.73 Å². The van der Waals surface area contributed by atoms with Gasteiger partial charge in [0.2, 0.25) is 0 Å². The number of aryl methyl sites for hydroxylation is 2. The average Bonchev–Trinajstić information content (AvgIpc) is 2.31. The topological polar surface area (TPSA) is 38.9 Å². The molecule has 2 N–H and O–H groups in total. The van der Waals surface area contributed by atoms with E-state index >= 15 is 0 Å². The number of rotatable bonds is 1. The SMILES string of the molecule is Cc1ccc2c(C(N)=S)cc(C(C)(C)C)nc2c1C. The summed E-state index contributed by atoms with van der Waals surface area (Å²) in [6.07, 6.45) is 0. The molecule has 1 heterocycles. The molecule has 0 atom stereocenters. The zero-order valence-corrected chi connectivity index (χ0v) is 13.0. The second-order valence-electron chi connectivity index (χ2n) is 6.07. The smallest absolute Gasteiger partial charge is 0.104 e. The van der Waals surface area contributed by atoms with Gasteiger partial charge in [-0.05, 0) is 31.0 Å². The van der Waals surface area contributed by atoms with Crippen LogP contribution in [0.3, 0.4) is 0 Å². The number of hydrogen-bond donors (Lipinski definition) is 1. The van der Waals surface area contributed by atoms with Crippen LogP contribution in [0.1, 0.15) is 43.2 Å². The van der Waals surface area contributed by atoms with Gasteiger partial charge in [0.25, 0.3) is 0 Å². The number of thiocarbonyl (C=S) groups is 1. The Morgan fingerprint density at radius 3 is 2.37 bits per heavy atom. The van der Waals surface area contributed by atoms with Crippen LogP contribution in [0.25, 0.3) is 10.9 Å². The highest BCUT2D eigenvalue weighted by Crippen LogP contribution is 2.28. The highest BCUT2D eigenvalue weighted by Gasteiger charge is 2.19. The van der Waals surface area contributed by atoms with E-state index < -0.39 is 0 Å². The third-order valence-electron chi connectivity index (χ3n) is 3.54. The standard InChI is InChI=1S/C16H20N2S/c1-9-6-7-11-12(15(17)19)8-13(16(3,4)5)18-14(11)10(9)2/h6-8H,1-5H3,(H2,17,19). The molecule has 0 aliphatic heterocycles. The van der Waals surface area contributed by atoms with E-state index in [1.165, 1.54) is 11.1 Å². The maximum atomic E-state index is 5.88. The number of aromatic nitrogens is 1. The fraction of sp³-hybridized carbons (Fsp3) is 0.375. The Morgan fingerprint density at radius 1 is 1.21 bits per heavy atom. The molecule has 19 heavy (non-hydrogen) atoms. The van der Waals surface area contributed by atoms with Crippen molar-refractivity contribution < 1.29 is 0 Å². The second kappa shape index (κ2) is 4.57. The Kier molecular flexibility index (Phi) is 3.35. The summed E-state index contributed by atoms with van der Waals surface area (Å²) in [5.41, 5.74) is 11.2. The van der Waals surface area contributed by atoms with Crippen LogP contribution in [-0.4, -0.2) is 9.97 Å². The summed E-state index contributed by atoms with van der Waals surface area (Å²) in [4.78, 5) is 5.27. The number of fused-ring (bicyclic) bond motifs is 1. The number of pyridine rings is 1. The van der Waals surface area contributed by atoms with Crippen LogP contribution in [0.4, 0.5) is 0 Å². The molecule has 2 aromatic rings. The minimum absolute atomic E-state index is 0.0239. The van der Waals surface area contributed by atoms with Gasteiger partial charge in [0.05, 0.1) is 5.52 Å². The summed E-state index contributed by atoms with van der Waals surface area (Å²) >= 11 is 5.20. The summed E-state index contributed by atoms with van der Waals surface area (Å²) in [6.45, 7) is 10.6. The van der Waals surface area contributed by atoms with Crippen LogP contribution in [-0.2, 0) is 5.41 Å². The minimum Gasteiger partial charge on any atom is -0.389 e. The molecule has 2 rings (SSSR count). The monoisotopic (exact) mass is 272 g/mol. The lowest BCUT2D eigenvalue weighted by molar-refractivity contribution is 0.571. The molecule has 0 aliphatic carbocycles. The van der Waals surface area contributed by atoms with Crippen molar-refractivity contribution in [2.45, 2.75) is 40.0 Å². The first-order chi connectivity index (χ1) is 8.71. The highest BCUT2D eigenvalue weighted by atomic mass is 32.1. The van der Waals surface area contributed by atoms with Crippen molar-refractivity contribution in [1.82, 2.24) is 4.98 Å². The summed E-state index contributed by atoms with van der Waals surface area (Å²) in [7, 11) is 0. The van der Waals surface area contributed by atoms with Crippen LogP contribution in [0.5, 0.6) is 0 Å². The zero-order chi connectivity index (χ0) is 14.4. The molecule has 0 radical (unpaired) electrons. The van der Waals surface area contributed by atoms with Gasteiger partial charge >= 0.3 is 0 Å². The van der Waals surface area contributed by atoms with Crippen molar-refractivity contribution in [3.8, 4) is 0 Å². The fourth-order valence-corrected chi connectivity index (χ4v) is 2.29. The summed E-state index contributed by atoms with van der Waals surface area (Å²) < 4.78 is 0. The molecular formula is C16H20N2S. The largest absolute Gasteiger partial charge is 0.389 e. The lowest BCUT2D eigenvalue weighted by Crippen LogP contribution is -2.18. The van der Waals surface area contributed by atoms with Gasteiger partial charge in [-0.3, -0.25) is 4.98 Å². The molecule has 1 aromatic carbocycles. The Balaban J connectivity index is 2.92. The quantitative estimate of drug-likeness (QED) is 0.803. The van der Waals surface area contributed by atoms with Crippen LogP contribution in [0.15, 0.2) is 18.2 Å². The van der Waals surface area contributed by atoms with Crippen molar-refractivity contribution in [1.29, 1.82) is 0 Å². The van der Waals surface area contributed by atoms with Gasteiger partial charge in [0.1, 0.15) is 4.99 Å². The van der Waals surface area contributed by atoms with Gasteiger partial charge in [-0.25, -0.2) is 0 Å². The van der Waals surface area contributed by atoms with E-state index in [-0.39, 0.29) is 5.41 Å². The van der Waals surface area contributed by atoms with E-state index in [4.69, 9.17) is 22.9 Å². The van der Waals surface area contributed by atoms with Crippen molar-refractivity contribution in [2.75, 3.05) is 0 Å². The first-order valence-corrected chi connectivity index (χ1v) is 6.84. The molecule has 0 amide bonds. The minimum atomic E-state index is -0.0239. The first-order valence-electron chi connectivity index (χ1n) is 6.43. The van der Waals surface area contributed by atoms with Crippen molar-refractivity contribution >= 4 is 28.1 Å². The van der Waals surface area contributed by atoms with E-state index in [2.05, 4.69) is 46.8 Å². The Morgan fingerprint density at radius 2 is 1.84 bits per heavy atom.